The van der Waals surface area contributed by atoms with E-state index in [1.807, 2.05) is 73.7 Å². The van der Waals surface area contributed by atoms with Gasteiger partial charge in [0.05, 0.1) is 35.7 Å². The molecule has 3 aromatic carbocycles. The van der Waals surface area contributed by atoms with Crippen molar-refractivity contribution in [2.24, 2.45) is 15.7 Å². The van der Waals surface area contributed by atoms with Crippen LogP contribution in [0.1, 0.15) is 49.6 Å². The van der Waals surface area contributed by atoms with Crippen LogP contribution in [0.2, 0.25) is 0 Å². The van der Waals surface area contributed by atoms with Gasteiger partial charge >= 0.3 is 0 Å². The maximum Gasteiger partial charge on any atom is 0.249 e. The average Bonchev–Trinajstić information content (AvgIpc) is 3.53. The van der Waals surface area contributed by atoms with Gasteiger partial charge in [-0.25, -0.2) is 20.0 Å². The minimum absolute atomic E-state index is 0.426. The molecule has 1 atom stereocenters. The molecule has 6 rings (SSSR count). The van der Waals surface area contributed by atoms with Crippen molar-refractivity contribution in [3.05, 3.63) is 102 Å². The Morgan fingerprint density at radius 2 is 1.73 bits per heavy atom. The third-order valence-corrected chi connectivity index (χ3v) is 9.12. The number of hydrogen-bond donors (Lipinski definition) is 3. The van der Waals surface area contributed by atoms with Crippen LogP contribution in [0.3, 0.4) is 0 Å². The molecular formula is C41H51N9O2. The molecule has 1 aliphatic rings. The topological polar surface area (TPSA) is 149 Å². The molecule has 5 aromatic rings. The Labute approximate surface area is 306 Å². The number of fused-ring (bicyclic) bond motifs is 4. The number of methoxy groups -OCH3 is 1. The van der Waals surface area contributed by atoms with E-state index in [9.17, 15) is 4.79 Å². The van der Waals surface area contributed by atoms with Crippen molar-refractivity contribution in [1.82, 2.24) is 19.4 Å². The highest BCUT2D eigenvalue weighted by Crippen LogP contribution is 2.42. The first-order valence-corrected chi connectivity index (χ1v) is 18.0. The van der Waals surface area contributed by atoms with Gasteiger partial charge in [-0.3, -0.25) is 4.79 Å². The number of rotatable bonds is 15. The number of carbonyl (C=O) groups is 1. The number of aryl methyl sites for hydroxylation is 1. The fourth-order valence-corrected chi connectivity index (χ4v) is 6.64. The number of carbonyl (C=O) groups excluding carboxylic acids is 1. The summed E-state index contributed by atoms with van der Waals surface area (Å²) in [5.74, 6) is 0.948. The van der Waals surface area contributed by atoms with E-state index in [4.69, 9.17) is 21.2 Å². The zero-order valence-electron chi connectivity index (χ0n) is 30.8. The molecule has 0 spiro atoms. The fourth-order valence-electron chi connectivity index (χ4n) is 6.64. The largest absolute Gasteiger partial charge is 0.384 e. The quantitative estimate of drug-likeness (QED) is 0.0828. The summed E-state index contributed by atoms with van der Waals surface area (Å²) < 4.78 is 7.66. The predicted molar refractivity (Wildman–Crippen MR) is 213 cm³/mol. The molecule has 2 aromatic heterocycles. The van der Waals surface area contributed by atoms with E-state index in [2.05, 4.69) is 68.1 Å². The highest BCUT2D eigenvalue weighted by molar-refractivity contribution is 6.21. The number of nitrogen functional groups attached to an aromatic ring is 1. The zero-order chi connectivity index (χ0) is 36.9. The van der Waals surface area contributed by atoms with Gasteiger partial charge in [0.2, 0.25) is 5.91 Å². The highest BCUT2D eigenvalue weighted by atomic mass is 16.5. The highest BCUT2D eigenvalue weighted by Gasteiger charge is 2.35. The Morgan fingerprint density at radius 3 is 2.48 bits per heavy atom. The lowest BCUT2D eigenvalue weighted by molar-refractivity contribution is -0.112. The maximum absolute atomic E-state index is 12.6. The molecule has 1 amide bonds. The molecule has 0 fully saturated rings. The Kier molecular flexibility index (Phi) is 13.3. The molecule has 3 heterocycles. The standard InChI is InChI=1S/C33H34N6O2.C8H17N3/c1-41-20-17-28-37-29-30(24-14-6-7-15-26(24)36-31(29)34)39(28)19-10-9-18-33(22-11-3-2-4-12-22)21-25(32(35)40)23-13-5-8-16-27(23)38-33;1-4-9-8-10-6-5-7-11(2)3/h2-8,11-16,21,38H,9-10,17-20H2,1H3,(H2,34,36)(H2,35,40);4-7H2,1-3H3. The third-order valence-electron chi connectivity index (χ3n) is 9.12. The first kappa shape index (κ1) is 37.9. The van der Waals surface area contributed by atoms with Crippen molar-refractivity contribution >= 4 is 50.9 Å². The molecular weight excluding hydrogens is 651 g/mol. The number of para-hydroxylation sites is 2. The van der Waals surface area contributed by atoms with Gasteiger partial charge in [-0.05, 0) is 77.0 Å². The number of aromatic nitrogens is 3. The molecule has 0 aliphatic carbocycles. The molecule has 5 N–H and O–H groups in total. The first-order valence-electron chi connectivity index (χ1n) is 18.0. The summed E-state index contributed by atoms with van der Waals surface area (Å²) in [6.45, 7) is 5.99. The van der Waals surface area contributed by atoms with Gasteiger partial charge in [0.1, 0.15) is 11.3 Å². The van der Waals surface area contributed by atoms with Crippen LogP contribution in [0.5, 0.6) is 0 Å². The summed E-state index contributed by atoms with van der Waals surface area (Å²) >= 11 is 0. The number of primary amides is 1. The number of anilines is 2. The van der Waals surface area contributed by atoms with Gasteiger partial charge in [0, 0.05) is 48.8 Å². The van der Waals surface area contributed by atoms with Crippen LogP contribution in [0.15, 0.2) is 94.9 Å². The van der Waals surface area contributed by atoms with Gasteiger partial charge in [-0.2, -0.15) is 0 Å². The van der Waals surface area contributed by atoms with Crippen molar-refractivity contribution in [3.8, 4) is 0 Å². The maximum atomic E-state index is 12.6. The van der Waals surface area contributed by atoms with Gasteiger partial charge in [0.15, 0.2) is 5.82 Å². The van der Waals surface area contributed by atoms with E-state index in [0.29, 0.717) is 24.4 Å². The molecule has 1 aliphatic heterocycles. The number of nitrogens with one attached hydrogen (secondary N) is 1. The monoisotopic (exact) mass is 701 g/mol. The van der Waals surface area contributed by atoms with E-state index in [1.54, 1.807) is 7.11 Å². The molecule has 0 saturated heterocycles. The van der Waals surface area contributed by atoms with E-state index in [-0.39, 0.29) is 0 Å². The second-order valence-corrected chi connectivity index (χ2v) is 13.1. The number of imidazole rings is 1. The van der Waals surface area contributed by atoms with Crippen LogP contribution in [0.25, 0.3) is 27.5 Å². The smallest absolute Gasteiger partial charge is 0.249 e. The Morgan fingerprint density at radius 1 is 0.981 bits per heavy atom. The number of unbranched alkanes of at least 4 members (excludes halogenated alkanes) is 1. The Bertz CT molecular complexity index is 2050. The summed E-state index contributed by atoms with van der Waals surface area (Å²) in [5.41, 5.74) is 17.7. The first-order chi connectivity index (χ1) is 25.3. The van der Waals surface area contributed by atoms with E-state index >= 15 is 0 Å². The van der Waals surface area contributed by atoms with Crippen molar-refractivity contribution < 1.29 is 9.53 Å². The van der Waals surface area contributed by atoms with Crippen molar-refractivity contribution in [3.63, 3.8) is 0 Å². The number of nitrogens with two attached hydrogens (primary N) is 2. The summed E-state index contributed by atoms with van der Waals surface area (Å²) in [4.78, 5) is 32.1. The van der Waals surface area contributed by atoms with Crippen LogP contribution in [-0.2, 0) is 28.0 Å². The number of pyridine rings is 1. The van der Waals surface area contributed by atoms with Gasteiger partial charge in [-0.15, -0.1) is 0 Å². The Hall–Kier alpha value is -5.35. The van der Waals surface area contributed by atoms with E-state index in [0.717, 1.165) is 96.4 Å². The van der Waals surface area contributed by atoms with Crippen molar-refractivity contribution in [2.45, 2.75) is 51.1 Å². The van der Waals surface area contributed by atoms with Crippen molar-refractivity contribution in [2.75, 3.05) is 58.5 Å². The second kappa shape index (κ2) is 18.2. The summed E-state index contributed by atoms with van der Waals surface area (Å²) in [6.07, 6.45) is 6.32. The number of amides is 1. The summed E-state index contributed by atoms with van der Waals surface area (Å²) in [5, 5.41) is 4.80. The van der Waals surface area contributed by atoms with Crippen LogP contribution in [-0.4, -0.2) is 78.8 Å². The number of ether oxygens (including phenoxy) is 1. The van der Waals surface area contributed by atoms with E-state index < -0.39 is 11.4 Å². The second-order valence-electron chi connectivity index (χ2n) is 13.1. The van der Waals surface area contributed by atoms with Crippen LogP contribution in [0.4, 0.5) is 11.5 Å². The number of aliphatic imine (C=N–C) groups is 2. The molecule has 272 valence electrons. The average molecular weight is 702 g/mol. The lowest BCUT2D eigenvalue weighted by Crippen LogP contribution is -2.37. The van der Waals surface area contributed by atoms with Crippen LogP contribution >= 0.6 is 0 Å². The molecule has 11 nitrogen and oxygen atoms in total. The summed E-state index contributed by atoms with van der Waals surface area (Å²) in [6, 6.07) is 28.8. The van der Waals surface area contributed by atoms with Crippen molar-refractivity contribution in [1.29, 1.82) is 0 Å². The summed E-state index contributed by atoms with van der Waals surface area (Å²) in [7, 11) is 5.82. The lowest BCUT2D eigenvalue weighted by Gasteiger charge is -2.38. The predicted octanol–water partition coefficient (Wildman–Crippen LogP) is 6.55. The lowest BCUT2D eigenvalue weighted by atomic mass is 9.79. The molecule has 0 radical (unpaired) electrons. The molecule has 1 unspecified atom stereocenters. The zero-order valence-corrected chi connectivity index (χ0v) is 30.8. The minimum atomic E-state index is -0.573. The van der Waals surface area contributed by atoms with Crippen LogP contribution < -0.4 is 16.8 Å². The number of hydrogen-bond acceptors (Lipinski definition) is 9. The van der Waals surface area contributed by atoms with Gasteiger partial charge in [0.25, 0.3) is 0 Å². The fraction of sp³-hybridized carbons (Fsp3) is 0.366. The number of nitrogens with zero attached hydrogens (tertiary/aromatic N) is 6. The third kappa shape index (κ3) is 9.11. The van der Waals surface area contributed by atoms with Gasteiger partial charge in [-0.1, -0.05) is 66.7 Å². The molecule has 0 bridgehead atoms. The van der Waals surface area contributed by atoms with Crippen LogP contribution in [0, 0.1) is 0 Å². The Balaban J connectivity index is 0.000000413. The number of benzene rings is 3. The molecule has 11 heteroatoms. The SMILES string of the molecule is CCN=C=NCCCN(C)C.COCCc1nc2c(N)nc3ccccc3c2n1CCCCC1(c2ccccc2)C=C(C(N)=O)c2ccccc2N1. The molecule has 52 heavy (non-hydrogen) atoms. The van der Waals surface area contributed by atoms with Gasteiger partial charge < -0.3 is 31.0 Å². The minimum Gasteiger partial charge on any atom is -0.384 e. The van der Waals surface area contributed by atoms with E-state index in [1.165, 1.54) is 0 Å². The normalized spacial score (nSPS) is 14.9. The molecule has 0 saturated carbocycles.